The molecular weight excluding hydrogens is 340 g/mol. The lowest BCUT2D eigenvalue weighted by Gasteiger charge is -2.04. The van der Waals surface area contributed by atoms with Crippen LogP contribution in [0.3, 0.4) is 0 Å². The molecule has 20 heavy (non-hydrogen) atoms. The predicted molar refractivity (Wildman–Crippen MR) is 87.4 cm³/mol. The fourth-order valence-corrected chi connectivity index (χ4v) is 3.45. The maximum Gasteiger partial charge on any atom is 0.263 e. The molecule has 0 bridgehead atoms. The van der Waals surface area contributed by atoms with Gasteiger partial charge in [-0.1, -0.05) is 22.0 Å². The maximum atomic E-state index is 12.1. The number of carbonyl (C=O) groups excluding carboxylic acids is 1. The van der Waals surface area contributed by atoms with Crippen molar-refractivity contribution in [2.75, 3.05) is 25.5 Å². The molecule has 2 rings (SSSR count). The van der Waals surface area contributed by atoms with E-state index in [1.807, 2.05) is 25.1 Å². The number of hydrogen-bond donors (Lipinski definition) is 2. The molecule has 0 saturated heterocycles. The zero-order valence-electron chi connectivity index (χ0n) is 11.2. The summed E-state index contributed by atoms with van der Waals surface area (Å²) in [5, 5.41) is 3.80. The van der Waals surface area contributed by atoms with Gasteiger partial charge in [-0.15, -0.1) is 11.3 Å². The highest BCUT2D eigenvalue weighted by Crippen LogP contribution is 2.35. The molecule has 0 aliphatic rings. The molecule has 0 unspecified atom stereocenters. The standard InChI is InChI=1S/C14H17BrN2O2S/c1-2-19-7-3-6-17-14(18)13-12(16)10-5-4-9(15)8-11(10)20-13/h4-5,8H,2-3,6-7,16H2,1H3,(H,17,18). The van der Waals surface area contributed by atoms with E-state index in [4.69, 9.17) is 10.5 Å². The van der Waals surface area contributed by atoms with Crippen LogP contribution in [0.25, 0.3) is 10.1 Å². The number of carbonyl (C=O) groups is 1. The fraction of sp³-hybridized carbons (Fsp3) is 0.357. The summed E-state index contributed by atoms with van der Waals surface area (Å²) < 4.78 is 7.22. The quantitative estimate of drug-likeness (QED) is 0.779. The molecule has 1 aromatic heterocycles. The molecule has 4 nitrogen and oxygen atoms in total. The van der Waals surface area contributed by atoms with Crippen LogP contribution in [-0.2, 0) is 4.74 Å². The zero-order chi connectivity index (χ0) is 14.5. The summed E-state index contributed by atoms with van der Waals surface area (Å²) in [6.07, 6.45) is 0.802. The number of nitrogen functional groups attached to an aromatic ring is 1. The summed E-state index contributed by atoms with van der Waals surface area (Å²) in [4.78, 5) is 12.7. The van der Waals surface area contributed by atoms with Gasteiger partial charge in [0.1, 0.15) is 4.88 Å². The monoisotopic (exact) mass is 356 g/mol. The van der Waals surface area contributed by atoms with Crippen LogP contribution in [-0.4, -0.2) is 25.7 Å². The van der Waals surface area contributed by atoms with Crippen LogP contribution in [0.1, 0.15) is 23.0 Å². The lowest BCUT2D eigenvalue weighted by atomic mass is 10.2. The number of fused-ring (bicyclic) bond motifs is 1. The molecule has 0 spiro atoms. The van der Waals surface area contributed by atoms with E-state index >= 15 is 0 Å². The van der Waals surface area contributed by atoms with Crippen molar-refractivity contribution in [2.45, 2.75) is 13.3 Å². The molecule has 0 aliphatic carbocycles. The van der Waals surface area contributed by atoms with Crippen molar-refractivity contribution in [1.29, 1.82) is 0 Å². The Kier molecular flexibility index (Phi) is 5.39. The smallest absolute Gasteiger partial charge is 0.263 e. The number of ether oxygens (including phenoxy) is 1. The molecule has 2 aromatic rings. The first-order valence-corrected chi connectivity index (χ1v) is 8.08. The molecule has 108 valence electrons. The number of halogens is 1. The van der Waals surface area contributed by atoms with Crippen molar-refractivity contribution in [1.82, 2.24) is 5.32 Å². The Morgan fingerprint density at radius 3 is 3.05 bits per heavy atom. The zero-order valence-corrected chi connectivity index (χ0v) is 13.6. The lowest BCUT2D eigenvalue weighted by Crippen LogP contribution is -2.25. The number of rotatable bonds is 6. The third-order valence-corrected chi connectivity index (χ3v) is 4.51. The van der Waals surface area contributed by atoms with Crippen LogP contribution >= 0.6 is 27.3 Å². The highest BCUT2D eigenvalue weighted by atomic mass is 79.9. The summed E-state index contributed by atoms with van der Waals surface area (Å²) >= 11 is 4.84. The van der Waals surface area contributed by atoms with E-state index in [0.717, 1.165) is 21.0 Å². The van der Waals surface area contributed by atoms with Gasteiger partial charge in [0, 0.05) is 34.3 Å². The van der Waals surface area contributed by atoms with Crippen molar-refractivity contribution in [3.63, 3.8) is 0 Å². The van der Waals surface area contributed by atoms with E-state index < -0.39 is 0 Å². The summed E-state index contributed by atoms with van der Waals surface area (Å²) in [7, 11) is 0. The predicted octanol–water partition coefficient (Wildman–Crippen LogP) is 3.40. The van der Waals surface area contributed by atoms with Crippen molar-refractivity contribution in [2.24, 2.45) is 0 Å². The molecular formula is C14H17BrN2O2S. The van der Waals surface area contributed by atoms with Crippen LogP contribution in [0.15, 0.2) is 22.7 Å². The average molecular weight is 357 g/mol. The first-order valence-electron chi connectivity index (χ1n) is 6.47. The summed E-state index contributed by atoms with van der Waals surface area (Å²) in [6, 6.07) is 5.83. The number of nitrogens with one attached hydrogen (secondary N) is 1. The highest BCUT2D eigenvalue weighted by Gasteiger charge is 2.15. The molecule has 3 N–H and O–H groups in total. The van der Waals surface area contributed by atoms with Crippen LogP contribution in [0.2, 0.25) is 0 Å². The number of anilines is 1. The highest BCUT2D eigenvalue weighted by molar-refractivity contribution is 9.10. The van der Waals surface area contributed by atoms with Crippen LogP contribution in [0.5, 0.6) is 0 Å². The first-order chi connectivity index (χ1) is 9.63. The maximum absolute atomic E-state index is 12.1. The number of hydrogen-bond acceptors (Lipinski definition) is 4. The van der Waals surface area contributed by atoms with Crippen molar-refractivity contribution in [3.8, 4) is 0 Å². The SMILES string of the molecule is CCOCCCNC(=O)c1sc2cc(Br)ccc2c1N. The normalized spacial score (nSPS) is 10.9. The van der Waals surface area contributed by atoms with Gasteiger partial charge in [0.15, 0.2) is 0 Å². The van der Waals surface area contributed by atoms with E-state index in [0.29, 0.717) is 30.3 Å². The van der Waals surface area contributed by atoms with Gasteiger partial charge >= 0.3 is 0 Å². The van der Waals surface area contributed by atoms with Crippen molar-refractivity contribution in [3.05, 3.63) is 27.5 Å². The Morgan fingerprint density at radius 1 is 1.50 bits per heavy atom. The number of benzene rings is 1. The molecule has 0 fully saturated rings. The number of amides is 1. The van der Waals surface area contributed by atoms with Gasteiger partial charge in [0.25, 0.3) is 5.91 Å². The summed E-state index contributed by atoms with van der Waals surface area (Å²) in [6.45, 7) is 3.91. The topological polar surface area (TPSA) is 64.3 Å². The second-order valence-corrected chi connectivity index (χ2v) is 6.26. The third-order valence-electron chi connectivity index (χ3n) is 2.85. The molecule has 0 atom stereocenters. The Balaban J connectivity index is 2.04. The summed E-state index contributed by atoms with van der Waals surface area (Å²) in [5.41, 5.74) is 6.61. The average Bonchev–Trinajstić information content (AvgIpc) is 2.75. The third kappa shape index (κ3) is 3.50. The van der Waals surface area contributed by atoms with E-state index in [1.165, 1.54) is 11.3 Å². The minimum Gasteiger partial charge on any atom is -0.397 e. The van der Waals surface area contributed by atoms with E-state index in [2.05, 4.69) is 21.2 Å². The molecule has 0 saturated carbocycles. The minimum absolute atomic E-state index is 0.115. The van der Waals surface area contributed by atoms with Gasteiger partial charge in [-0.05, 0) is 25.5 Å². The largest absolute Gasteiger partial charge is 0.397 e. The lowest BCUT2D eigenvalue weighted by molar-refractivity contribution is 0.0949. The van der Waals surface area contributed by atoms with Crippen LogP contribution in [0.4, 0.5) is 5.69 Å². The molecule has 1 amide bonds. The van der Waals surface area contributed by atoms with E-state index in [9.17, 15) is 4.79 Å². The summed E-state index contributed by atoms with van der Waals surface area (Å²) in [5.74, 6) is -0.115. The van der Waals surface area contributed by atoms with Gasteiger partial charge in [0.05, 0.1) is 5.69 Å². The fourth-order valence-electron chi connectivity index (χ4n) is 1.86. The van der Waals surface area contributed by atoms with Crippen molar-refractivity contribution < 1.29 is 9.53 Å². The molecule has 0 radical (unpaired) electrons. The van der Waals surface area contributed by atoms with Crippen LogP contribution in [0, 0.1) is 0 Å². The van der Waals surface area contributed by atoms with Gasteiger partial charge in [0.2, 0.25) is 0 Å². The molecule has 1 heterocycles. The Bertz CT molecular complexity index is 612. The van der Waals surface area contributed by atoms with Crippen molar-refractivity contribution >= 4 is 48.9 Å². The van der Waals surface area contributed by atoms with Gasteiger partial charge in [-0.2, -0.15) is 0 Å². The molecule has 1 aromatic carbocycles. The minimum atomic E-state index is -0.115. The second kappa shape index (κ2) is 7.06. The molecule has 0 aliphatic heterocycles. The Hall–Kier alpha value is -1.11. The second-order valence-electron chi connectivity index (χ2n) is 4.29. The van der Waals surface area contributed by atoms with E-state index in [-0.39, 0.29) is 5.91 Å². The van der Waals surface area contributed by atoms with Gasteiger partial charge in [-0.25, -0.2) is 0 Å². The number of thiophene rings is 1. The first kappa shape index (κ1) is 15.3. The number of nitrogens with two attached hydrogens (primary N) is 1. The Labute approximate surface area is 130 Å². The van der Waals surface area contributed by atoms with Crippen LogP contribution < -0.4 is 11.1 Å². The van der Waals surface area contributed by atoms with Gasteiger partial charge in [-0.3, -0.25) is 4.79 Å². The Morgan fingerprint density at radius 2 is 2.30 bits per heavy atom. The molecule has 6 heteroatoms. The van der Waals surface area contributed by atoms with E-state index in [1.54, 1.807) is 0 Å². The van der Waals surface area contributed by atoms with Gasteiger partial charge < -0.3 is 15.8 Å².